The maximum atomic E-state index is 13.7. The minimum Gasteiger partial charge on any atom is -0.369 e. The van der Waals surface area contributed by atoms with E-state index < -0.39 is 10.0 Å². The quantitative estimate of drug-likeness (QED) is 0.232. The molecule has 1 aliphatic carbocycles. The Morgan fingerprint density at radius 1 is 1.09 bits per heavy atom. The highest BCUT2D eigenvalue weighted by Gasteiger charge is 2.32. The van der Waals surface area contributed by atoms with Crippen LogP contribution in [0.2, 0.25) is 5.02 Å². The first-order valence-corrected chi connectivity index (χ1v) is 11.9. The second-order valence-electron chi connectivity index (χ2n) is 7.81. The van der Waals surface area contributed by atoms with Crippen LogP contribution in [-0.2, 0) is 10.0 Å². The van der Waals surface area contributed by atoms with Gasteiger partial charge in [0.2, 0.25) is 5.96 Å². The lowest BCUT2D eigenvalue weighted by Gasteiger charge is -2.09. The summed E-state index contributed by atoms with van der Waals surface area (Å²) in [5.41, 5.74) is 9.75. The Bertz CT molecular complexity index is 1520. The molecule has 4 N–H and O–H groups in total. The summed E-state index contributed by atoms with van der Waals surface area (Å²) in [5.74, 6) is -0.114. The van der Waals surface area contributed by atoms with Gasteiger partial charge in [-0.25, -0.2) is 17.8 Å². The number of halogens is 1. The first-order valence-electron chi connectivity index (χ1n) is 10.1. The number of nitrogens with zero attached hydrogens (tertiary/aromatic N) is 2. The van der Waals surface area contributed by atoms with Crippen LogP contribution in [0.1, 0.15) is 18.4 Å². The fraction of sp³-hybridized carbons (Fsp3) is 0.130. The molecular formula is C23H20ClN5O2S. The van der Waals surface area contributed by atoms with Gasteiger partial charge in [-0.05, 0) is 53.9 Å². The monoisotopic (exact) mass is 465 g/mol. The molecule has 5 rings (SSSR count). The Labute approximate surface area is 190 Å². The third-order valence-corrected chi connectivity index (χ3v) is 7.45. The molecule has 0 saturated heterocycles. The number of nitrogens with two attached hydrogens (primary N) is 1. The van der Waals surface area contributed by atoms with E-state index in [9.17, 15) is 8.42 Å². The van der Waals surface area contributed by atoms with E-state index in [0.717, 1.165) is 23.6 Å². The Hall–Kier alpha value is -3.36. The fourth-order valence-electron chi connectivity index (χ4n) is 3.87. The molecule has 9 heteroatoms. The van der Waals surface area contributed by atoms with Crippen LogP contribution in [0, 0.1) is 11.3 Å². The molecule has 0 spiro atoms. The van der Waals surface area contributed by atoms with Crippen molar-refractivity contribution >= 4 is 55.0 Å². The Morgan fingerprint density at radius 2 is 1.84 bits per heavy atom. The first kappa shape index (κ1) is 20.5. The van der Waals surface area contributed by atoms with Gasteiger partial charge in [0.15, 0.2) is 0 Å². The zero-order chi connectivity index (χ0) is 22.5. The van der Waals surface area contributed by atoms with Crippen LogP contribution in [0.25, 0.3) is 21.7 Å². The van der Waals surface area contributed by atoms with Crippen LogP contribution in [0.5, 0.6) is 0 Å². The molecular weight excluding hydrogens is 446 g/mol. The van der Waals surface area contributed by atoms with Gasteiger partial charge < -0.3 is 5.73 Å². The van der Waals surface area contributed by atoms with E-state index in [0.29, 0.717) is 27.2 Å². The van der Waals surface area contributed by atoms with E-state index in [1.165, 1.54) is 3.97 Å². The zero-order valence-electron chi connectivity index (χ0n) is 16.9. The van der Waals surface area contributed by atoms with Gasteiger partial charge in [-0.15, -0.1) is 0 Å². The SMILES string of the molecule is N=C(N)NN=C(c1cn(S(=O)(=O)c2ccc3ccccc3c2)c2ccc(Cl)cc12)C1CC1. The van der Waals surface area contributed by atoms with Gasteiger partial charge >= 0.3 is 0 Å². The van der Waals surface area contributed by atoms with Crippen molar-refractivity contribution in [2.45, 2.75) is 17.7 Å². The molecule has 32 heavy (non-hydrogen) atoms. The van der Waals surface area contributed by atoms with Crippen molar-refractivity contribution in [1.82, 2.24) is 9.40 Å². The van der Waals surface area contributed by atoms with Gasteiger partial charge in [-0.3, -0.25) is 5.41 Å². The average Bonchev–Trinajstić information content (AvgIpc) is 3.54. The maximum absolute atomic E-state index is 13.7. The Kier molecular flexibility index (Phi) is 4.91. The number of rotatable bonds is 5. The Balaban J connectivity index is 1.72. The first-order chi connectivity index (χ1) is 15.3. The van der Waals surface area contributed by atoms with Crippen molar-refractivity contribution in [2.24, 2.45) is 16.8 Å². The molecule has 4 aromatic rings. The molecule has 162 valence electrons. The van der Waals surface area contributed by atoms with Crippen molar-refractivity contribution in [3.05, 3.63) is 77.4 Å². The average molecular weight is 466 g/mol. The van der Waals surface area contributed by atoms with Crippen LogP contribution in [0.3, 0.4) is 0 Å². The predicted molar refractivity (Wildman–Crippen MR) is 128 cm³/mol. The third kappa shape index (κ3) is 3.61. The third-order valence-electron chi connectivity index (χ3n) is 5.55. The highest BCUT2D eigenvalue weighted by Crippen LogP contribution is 2.37. The smallest absolute Gasteiger partial charge is 0.268 e. The summed E-state index contributed by atoms with van der Waals surface area (Å²) in [4.78, 5) is 0.196. The summed E-state index contributed by atoms with van der Waals surface area (Å²) in [5, 5.41) is 14.7. The molecule has 0 unspecified atom stereocenters. The fourth-order valence-corrected chi connectivity index (χ4v) is 5.44. The van der Waals surface area contributed by atoms with Gasteiger partial charge in [-0.1, -0.05) is 41.9 Å². The molecule has 1 aromatic heterocycles. The molecule has 0 aliphatic heterocycles. The predicted octanol–water partition coefficient (Wildman–Crippen LogP) is 4.28. The molecule has 1 heterocycles. The summed E-state index contributed by atoms with van der Waals surface area (Å²) < 4.78 is 28.7. The molecule has 0 amide bonds. The lowest BCUT2D eigenvalue weighted by Crippen LogP contribution is -2.27. The molecule has 7 nitrogen and oxygen atoms in total. The number of aromatic nitrogens is 1. The number of hydrogen-bond donors (Lipinski definition) is 3. The minimum absolute atomic E-state index is 0.170. The summed E-state index contributed by atoms with van der Waals surface area (Å²) in [6, 6.07) is 17.8. The summed E-state index contributed by atoms with van der Waals surface area (Å²) in [6.07, 6.45) is 3.46. The van der Waals surface area contributed by atoms with Crippen molar-refractivity contribution in [2.75, 3.05) is 0 Å². The van der Waals surface area contributed by atoms with E-state index in [-0.39, 0.29) is 16.8 Å². The van der Waals surface area contributed by atoms with Crippen LogP contribution in [0.15, 0.2) is 76.9 Å². The van der Waals surface area contributed by atoms with Gasteiger partial charge in [0.1, 0.15) is 0 Å². The normalized spacial score (nSPS) is 14.7. The number of benzene rings is 3. The lowest BCUT2D eigenvalue weighted by molar-refractivity contribution is 0.589. The molecule has 3 aromatic carbocycles. The van der Waals surface area contributed by atoms with Crippen LogP contribution in [0.4, 0.5) is 0 Å². The number of fused-ring (bicyclic) bond motifs is 2. The molecule has 1 fully saturated rings. The van der Waals surface area contributed by atoms with Gasteiger partial charge in [0, 0.05) is 28.1 Å². The van der Waals surface area contributed by atoms with E-state index >= 15 is 0 Å². The van der Waals surface area contributed by atoms with E-state index in [4.69, 9.17) is 22.7 Å². The second-order valence-corrected chi connectivity index (χ2v) is 10.1. The highest BCUT2D eigenvalue weighted by atomic mass is 35.5. The molecule has 0 bridgehead atoms. The molecule has 0 radical (unpaired) electrons. The molecule has 0 atom stereocenters. The number of hydrazone groups is 1. The van der Waals surface area contributed by atoms with Gasteiger partial charge in [-0.2, -0.15) is 5.10 Å². The standard InChI is InChI=1S/C23H20ClN5O2S/c24-17-8-10-21-19(12-17)20(22(15-5-6-15)27-28-23(25)26)13-29(21)32(30,31)18-9-7-14-3-1-2-4-16(14)11-18/h1-4,7-13,15H,5-6H2,(H4,25,26,28). The largest absolute Gasteiger partial charge is 0.369 e. The van der Waals surface area contributed by atoms with Crippen molar-refractivity contribution in [3.8, 4) is 0 Å². The van der Waals surface area contributed by atoms with Crippen LogP contribution >= 0.6 is 11.6 Å². The lowest BCUT2D eigenvalue weighted by atomic mass is 10.1. The maximum Gasteiger partial charge on any atom is 0.268 e. The van der Waals surface area contributed by atoms with E-state index in [2.05, 4.69) is 10.5 Å². The highest BCUT2D eigenvalue weighted by molar-refractivity contribution is 7.90. The number of guanidine groups is 1. The van der Waals surface area contributed by atoms with Gasteiger partial charge in [0.05, 0.1) is 16.1 Å². The summed E-state index contributed by atoms with van der Waals surface area (Å²) in [6.45, 7) is 0. The van der Waals surface area contributed by atoms with E-state index in [1.54, 1.807) is 42.6 Å². The van der Waals surface area contributed by atoms with Crippen LogP contribution in [-0.4, -0.2) is 24.1 Å². The van der Waals surface area contributed by atoms with Gasteiger partial charge in [0.25, 0.3) is 10.0 Å². The summed E-state index contributed by atoms with van der Waals surface area (Å²) in [7, 11) is -3.89. The van der Waals surface area contributed by atoms with Crippen molar-refractivity contribution in [1.29, 1.82) is 5.41 Å². The topological polar surface area (TPSA) is 113 Å². The second kappa shape index (κ2) is 7.65. The molecule has 1 aliphatic rings. The Morgan fingerprint density at radius 3 is 2.56 bits per heavy atom. The minimum atomic E-state index is -3.89. The van der Waals surface area contributed by atoms with Crippen molar-refractivity contribution in [3.63, 3.8) is 0 Å². The summed E-state index contributed by atoms with van der Waals surface area (Å²) >= 11 is 6.26. The number of hydrogen-bond acceptors (Lipinski definition) is 4. The van der Waals surface area contributed by atoms with E-state index in [1.807, 2.05) is 24.3 Å². The molecule has 1 saturated carbocycles. The number of nitrogens with one attached hydrogen (secondary N) is 2. The zero-order valence-corrected chi connectivity index (χ0v) is 18.5. The van der Waals surface area contributed by atoms with Crippen molar-refractivity contribution < 1.29 is 8.42 Å². The van der Waals surface area contributed by atoms with Crippen LogP contribution < -0.4 is 11.2 Å².